The first-order valence-electron chi connectivity index (χ1n) is 6.75. The maximum Gasteiger partial charge on any atom is 0.265 e. The molecule has 0 radical (unpaired) electrons. The largest absolute Gasteiger partial charge is 0.497 e. The Balaban J connectivity index is 2.43. The van der Waals surface area contributed by atoms with Gasteiger partial charge in [0.15, 0.2) is 0 Å². The van der Waals surface area contributed by atoms with E-state index in [0.29, 0.717) is 11.4 Å². The summed E-state index contributed by atoms with van der Waals surface area (Å²) in [6.07, 6.45) is 0. The predicted molar refractivity (Wildman–Crippen MR) is 82.9 cm³/mol. The topological polar surface area (TPSA) is 79.9 Å². The lowest BCUT2D eigenvalue weighted by Crippen LogP contribution is -2.35. The van der Waals surface area contributed by atoms with Crippen LogP contribution in [-0.4, -0.2) is 40.7 Å². The molecule has 1 heterocycles. The van der Waals surface area contributed by atoms with Gasteiger partial charge in [0.05, 0.1) is 26.0 Å². The Labute approximate surface area is 130 Å². The average molecular weight is 327 g/mol. The van der Waals surface area contributed by atoms with E-state index in [1.807, 2.05) is 20.9 Å². The standard InChI is InChI=1S/C14H21N3O4S/c1-9-14(10(2)17(3)15-9)16-22(18,19)13-8-11(20-4)6-7-12(13)21-5/h6-9,15-16H,1-5H3. The quantitative estimate of drug-likeness (QED) is 0.841. The lowest BCUT2D eigenvalue weighted by Gasteiger charge is -2.15. The van der Waals surface area contributed by atoms with Gasteiger partial charge in [-0.15, -0.1) is 0 Å². The van der Waals surface area contributed by atoms with Crippen LogP contribution in [-0.2, 0) is 10.0 Å². The summed E-state index contributed by atoms with van der Waals surface area (Å²) in [5.41, 5.74) is 4.54. The molecule has 2 N–H and O–H groups in total. The summed E-state index contributed by atoms with van der Waals surface area (Å²) < 4.78 is 38.3. The number of nitrogens with zero attached hydrogens (tertiary/aromatic N) is 1. The number of allylic oxidation sites excluding steroid dienone is 1. The zero-order valence-corrected chi connectivity index (χ0v) is 14.1. The van der Waals surface area contributed by atoms with Crippen LogP contribution in [0.25, 0.3) is 0 Å². The summed E-state index contributed by atoms with van der Waals surface area (Å²) in [6, 6.07) is 4.53. The maximum atomic E-state index is 12.7. The van der Waals surface area contributed by atoms with Crippen LogP contribution in [0, 0.1) is 0 Å². The molecule has 0 aromatic heterocycles. The number of hydrazine groups is 1. The third-order valence-electron chi connectivity index (χ3n) is 3.62. The second-order valence-corrected chi connectivity index (χ2v) is 6.68. The van der Waals surface area contributed by atoms with Crippen LogP contribution in [0.3, 0.4) is 0 Å². The highest BCUT2D eigenvalue weighted by Crippen LogP contribution is 2.29. The van der Waals surface area contributed by atoms with Crippen LogP contribution >= 0.6 is 0 Å². The third-order valence-corrected chi connectivity index (χ3v) is 5.00. The fraction of sp³-hybridized carbons (Fsp3) is 0.429. The van der Waals surface area contributed by atoms with Gasteiger partial charge >= 0.3 is 0 Å². The lowest BCUT2D eigenvalue weighted by molar-refractivity contribution is 0.315. The minimum Gasteiger partial charge on any atom is -0.497 e. The number of methoxy groups -OCH3 is 2. The Bertz CT molecular complexity index is 700. The van der Waals surface area contributed by atoms with Crippen LogP contribution in [0.15, 0.2) is 34.5 Å². The van der Waals surface area contributed by atoms with Gasteiger partial charge in [-0.1, -0.05) is 0 Å². The molecule has 1 aromatic rings. The van der Waals surface area contributed by atoms with E-state index >= 15 is 0 Å². The van der Waals surface area contributed by atoms with Crippen molar-refractivity contribution in [1.29, 1.82) is 0 Å². The summed E-state index contributed by atoms with van der Waals surface area (Å²) in [6.45, 7) is 3.73. The molecule has 0 bridgehead atoms. The van der Waals surface area contributed by atoms with Crippen molar-refractivity contribution in [1.82, 2.24) is 15.2 Å². The molecule has 0 spiro atoms. The van der Waals surface area contributed by atoms with Crippen molar-refractivity contribution in [3.8, 4) is 11.5 Å². The second-order valence-electron chi connectivity index (χ2n) is 5.03. The average Bonchev–Trinajstić information content (AvgIpc) is 2.72. The molecular weight excluding hydrogens is 306 g/mol. The van der Waals surface area contributed by atoms with Crippen LogP contribution < -0.4 is 19.6 Å². The van der Waals surface area contributed by atoms with E-state index in [4.69, 9.17) is 9.47 Å². The van der Waals surface area contributed by atoms with Gasteiger partial charge in [-0.25, -0.2) is 13.8 Å². The van der Waals surface area contributed by atoms with E-state index in [2.05, 4.69) is 10.1 Å². The molecule has 22 heavy (non-hydrogen) atoms. The summed E-state index contributed by atoms with van der Waals surface area (Å²) in [4.78, 5) is 0.0383. The molecule has 2 rings (SSSR count). The van der Waals surface area contributed by atoms with E-state index in [0.717, 1.165) is 5.70 Å². The normalized spacial score (nSPS) is 18.6. The fourth-order valence-electron chi connectivity index (χ4n) is 2.30. The SMILES string of the molecule is COc1ccc(OC)c(S(=O)(=O)NC2=C(C)N(C)NC2C)c1. The first kappa shape index (κ1) is 16.4. The van der Waals surface area contributed by atoms with Crippen molar-refractivity contribution >= 4 is 10.0 Å². The minimum atomic E-state index is -3.79. The van der Waals surface area contributed by atoms with Crippen LogP contribution in [0.4, 0.5) is 0 Å². The van der Waals surface area contributed by atoms with Crippen LogP contribution in [0.1, 0.15) is 13.8 Å². The monoisotopic (exact) mass is 327 g/mol. The van der Waals surface area contributed by atoms with Crippen molar-refractivity contribution in [2.45, 2.75) is 24.8 Å². The molecule has 122 valence electrons. The molecule has 0 aliphatic carbocycles. The number of ether oxygens (including phenoxy) is 2. The van der Waals surface area contributed by atoms with Gasteiger partial charge in [-0.05, 0) is 26.0 Å². The van der Waals surface area contributed by atoms with Crippen molar-refractivity contribution in [3.05, 3.63) is 29.6 Å². The van der Waals surface area contributed by atoms with Crippen molar-refractivity contribution < 1.29 is 17.9 Å². The number of rotatable bonds is 5. The Hall–Kier alpha value is -1.93. The van der Waals surface area contributed by atoms with Gasteiger partial charge in [-0.3, -0.25) is 4.72 Å². The zero-order chi connectivity index (χ0) is 16.5. The molecule has 1 aliphatic heterocycles. The lowest BCUT2D eigenvalue weighted by atomic mass is 10.2. The van der Waals surface area contributed by atoms with E-state index in [-0.39, 0.29) is 16.7 Å². The molecule has 8 heteroatoms. The molecule has 0 amide bonds. The highest BCUT2D eigenvalue weighted by atomic mass is 32.2. The summed E-state index contributed by atoms with van der Waals surface area (Å²) in [5.74, 6) is 0.708. The van der Waals surface area contributed by atoms with Gasteiger partial charge in [0, 0.05) is 18.8 Å². The highest BCUT2D eigenvalue weighted by molar-refractivity contribution is 7.89. The molecule has 0 saturated heterocycles. The van der Waals surface area contributed by atoms with Crippen molar-refractivity contribution in [2.24, 2.45) is 0 Å². The molecule has 1 aromatic carbocycles. The minimum absolute atomic E-state index is 0.0383. The molecule has 0 saturated carbocycles. The highest BCUT2D eigenvalue weighted by Gasteiger charge is 2.29. The number of hydrogen-bond donors (Lipinski definition) is 2. The maximum absolute atomic E-state index is 12.7. The summed E-state index contributed by atoms with van der Waals surface area (Å²) in [5, 5.41) is 1.78. The molecule has 1 aliphatic rings. The van der Waals surface area contributed by atoms with Gasteiger partial charge in [0.25, 0.3) is 10.0 Å². The van der Waals surface area contributed by atoms with Gasteiger partial charge in [0.1, 0.15) is 16.4 Å². The number of hydrogen-bond acceptors (Lipinski definition) is 6. The predicted octanol–water partition coefficient (Wildman–Crippen LogP) is 1.05. The fourth-order valence-corrected chi connectivity index (χ4v) is 3.71. The van der Waals surface area contributed by atoms with E-state index in [1.165, 1.54) is 20.3 Å². The molecule has 1 unspecified atom stereocenters. The second kappa shape index (κ2) is 6.05. The molecule has 0 fully saturated rings. The number of sulfonamides is 1. The van der Waals surface area contributed by atoms with Crippen molar-refractivity contribution in [2.75, 3.05) is 21.3 Å². The number of benzene rings is 1. The first-order valence-corrected chi connectivity index (χ1v) is 8.24. The summed E-state index contributed by atoms with van der Waals surface area (Å²) in [7, 11) is 0.957. The van der Waals surface area contributed by atoms with Gasteiger partial charge < -0.3 is 14.5 Å². The first-order chi connectivity index (χ1) is 10.3. The third kappa shape index (κ3) is 2.97. The Morgan fingerprint density at radius 3 is 2.45 bits per heavy atom. The van der Waals surface area contributed by atoms with E-state index < -0.39 is 10.0 Å². The van der Waals surface area contributed by atoms with Crippen LogP contribution in [0.5, 0.6) is 11.5 Å². The number of nitrogens with one attached hydrogen (secondary N) is 2. The Morgan fingerprint density at radius 1 is 1.27 bits per heavy atom. The smallest absolute Gasteiger partial charge is 0.265 e. The molecule has 1 atom stereocenters. The van der Waals surface area contributed by atoms with E-state index in [9.17, 15) is 8.42 Å². The summed E-state index contributed by atoms with van der Waals surface area (Å²) >= 11 is 0. The van der Waals surface area contributed by atoms with E-state index in [1.54, 1.807) is 17.1 Å². The zero-order valence-electron chi connectivity index (χ0n) is 13.3. The van der Waals surface area contributed by atoms with Gasteiger partial charge in [-0.2, -0.15) is 0 Å². The Kier molecular flexibility index (Phi) is 4.52. The molecule has 7 nitrogen and oxygen atoms in total. The van der Waals surface area contributed by atoms with Crippen LogP contribution in [0.2, 0.25) is 0 Å². The molecular formula is C14H21N3O4S. The van der Waals surface area contributed by atoms with Crippen molar-refractivity contribution in [3.63, 3.8) is 0 Å². The van der Waals surface area contributed by atoms with Gasteiger partial charge in [0.2, 0.25) is 0 Å². The Morgan fingerprint density at radius 2 is 1.95 bits per heavy atom.